The molecular formula is C21H22ClNO5S. The molecule has 0 saturated carbocycles. The Balaban J connectivity index is 1.64. The van der Waals surface area contributed by atoms with Crippen LogP contribution in [0.3, 0.4) is 0 Å². The van der Waals surface area contributed by atoms with Crippen molar-refractivity contribution in [3.63, 3.8) is 0 Å². The van der Waals surface area contributed by atoms with Gasteiger partial charge in [0.15, 0.2) is 21.3 Å². The number of fused-ring (bicyclic) bond motifs is 1. The van der Waals surface area contributed by atoms with E-state index in [-0.39, 0.29) is 21.9 Å². The summed E-state index contributed by atoms with van der Waals surface area (Å²) in [6.07, 6.45) is 3.62. The minimum absolute atomic E-state index is 0.0312. The molecule has 1 atom stereocenters. The molecule has 0 bridgehead atoms. The quantitative estimate of drug-likeness (QED) is 0.731. The zero-order valence-corrected chi connectivity index (χ0v) is 17.6. The minimum Gasteiger partial charge on any atom is -0.490 e. The van der Waals surface area contributed by atoms with E-state index in [4.69, 9.17) is 21.1 Å². The van der Waals surface area contributed by atoms with E-state index in [2.05, 4.69) is 0 Å². The third-order valence-corrected chi connectivity index (χ3v) is 6.83. The van der Waals surface area contributed by atoms with E-state index in [0.29, 0.717) is 31.1 Å². The zero-order chi connectivity index (χ0) is 20.6. The Morgan fingerprint density at radius 3 is 2.59 bits per heavy atom. The molecule has 0 spiro atoms. The Kier molecular flexibility index (Phi) is 5.44. The normalized spacial score (nSPS) is 19.1. The lowest BCUT2D eigenvalue weighted by Crippen LogP contribution is -2.30. The van der Waals surface area contributed by atoms with E-state index < -0.39 is 9.84 Å². The van der Waals surface area contributed by atoms with Crippen LogP contribution in [-0.2, 0) is 9.84 Å². The average molecular weight is 436 g/mol. The lowest BCUT2D eigenvalue weighted by atomic mass is 10.0. The number of rotatable bonds is 3. The number of benzene rings is 2. The minimum atomic E-state index is -3.53. The molecule has 4 rings (SSSR count). The van der Waals surface area contributed by atoms with Crippen molar-refractivity contribution in [2.24, 2.45) is 0 Å². The maximum absolute atomic E-state index is 13.2. The number of nitrogens with zero attached hydrogens (tertiary/aromatic N) is 1. The maximum Gasteiger partial charge on any atom is 0.254 e. The van der Waals surface area contributed by atoms with Crippen molar-refractivity contribution in [3.8, 4) is 11.5 Å². The van der Waals surface area contributed by atoms with E-state index in [1.54, 1.807) is 11.0 Å². The van der Waals surface area contributed by atoms with Crippen LogP contribution >= 0.6 is 11.6 Å². The summed E-state index contributed by atoms with van der Waals surface area (Å²) in [5.41, 5.74) is 1.30. The number of halogens is 1. The van der Waals surface area contributed by atoms with Crippen LogP contribution in [0.1, 0.15) is 41.2 Å². The van der Waals surface area contributed by atoms with Crippen molar-refractivity contribution in [1.29, 1.82) is 0 Å². The predicted octanol–water partition coefficient (Wildman–Crippen LogP) is 3.88. The van der Waals surface area contributed by atoms with Gasteiger partial charge in [-0.05, 0) is 48.7 Å². The van der Waals surface area contributed by atoms with Gasteiger partial charge in [-0.25, -0.2) is 8.42 Å². The lowest BCUT2D eigenvalue weighted by molar-refractivity contribution is 0.0735. The standard InChI is InChI=1S/C21H22ClNO5S/c1-29(25,26)20-13-15(5-7-16(20)22)21(24)23-9-2-4-17(23)14-6-8-18-19(12-14)28-11-3-10-27-18/h5-8,12-13,17H,2-4,9-11H2,1H3/t17-/m0/s1. The Morgan fingerprint density at radius 2 is 1.83 bits per heavy atom. The van der Waals surface area contributed by atoms with E-state index in [0.717, 1.165) is 36.8 Å². The fourth-order valence-corrected chi connectivity index (χ4v) is 5.13. The fraction of sp³-hybridized carbons (Fsp3) is 0.381. The first-order valence-corrected chi connectivity index (χ1v) is 11.8. The van der Waals surface area contributed by atoms with Crippen molar-refractivity contribution in [1.82, 2.24) is 4.90 Å². The number of hydrogen-bond acceptors (Lipinski definition) is 5. The molecule has 2 heterocycles. The highest BCUT2D eigenvalue weighted by atomic mass is 35.5. The highest BCUT2D eigenvalue weighted by Crippen LogP contribution is 2.38. The van der Waals surface area contributed by atoms with E-state index in [9.17, 15) is 13.2 Å². The summed E-state index contributed by atoms with van der Waals surface area (Å²) in [4.78, 5) is 15.0. The molecule has 8 heteroatoms. The SMILES string of the molecule is CS(=O)(=O)c1cc(C(=O)N2CCC[C@H]2c2ccc3c(c2)OCCCO3)ccc1Cl. The van der Waals surface area contributed by atoms with Gasteiger partial charge in [-0.2, -0.15) is 0 Å². The molecule has 1 fully saturated rings. The van der Waals surface area contributed by atoms with Gasteiger partial charge in [0.1, 0.15) is 0 Å². The number of amides is 1. The van der Waals surface area contributed by atoms with Gasteiger partial charge in [-0.15, -0.1) is 0 Å². The van der Waals surface area contributed by atoms with Crippen LogP contribution in [0.25, 0.3) is 0 Å². The van der Waals surface area contributed by atoms with Crippen molar-refractivity contribution in [3.05, 3.63) is 52.5 Å². The fourth-order valence-electron chi connectivity index (χ4n) is 3.83. The van der Waals surface area contributed by atoms with Crippen molar-refractivity contribution in [2.75, 3.05) is 26.0 Å². The third-order valence-electron chi connectivity index (χ3n) is 5.25. The van der Waals surface area contributed by atoms with Gasteiger partial charge in [-0.3, -0.25) is 4.79 Å². The highest BCUT2D eigenvalue weighted by molar-refractivity contribution is 7.90. The number of sulfone groups is 1. The van der Waals surface area contributed by atoms with Gasteiger partial charge >= 0.3 is 0 Å². The second-order valence-electron chi connectivity index (χ2n) is 7.33. The number of carbonyl (C=O) groups excluding carboxylic acids is 1. The largest absolute Gasteiger partial charge is 0.490 e. The van der Waals surface area contributed by atoms with Gasteiger partial charge in [0.2, 0.25) is 0 Å². The molecule has 2 aliphatic heterocycles. The van der Waals surface area contributed by atoms with Gasteiger partial charge in [0.25, 0.3) is 5.91 Å². The number of carbonyl (C=O) groups is 1. The Hall–Kier alpha value is -2.25. The number of likely N-dealkylation sites (tertiary alicyclic amines) is 1. The zero-order valence-electron chi connectivity index (χ0n) is 16.1. The molecule has 0 N–H and O–H groups in total. The van der Waals surface area contributed by atoms with Crippen molar-refractivity contribution in [2.45, 2.75) is 30.2 Å². The first-order valence-electron chi connectivity index (χ1n) is 9.55. The average Bonchev–Trinajstić information content (AvgIpc) is 3.05. The van der Waals surface area contributed by atoms with Gasteiger partial charge in [-0.1, -0.05) is 17.7 Å². The molecule has 1 saturated heterocycles. The predicted molar refractivity (Wildman–Crippen MR) is 110 cm³/mol. The Bertz CT molecular complexity index is 1050. The summed E-state index contributed by atoms with van der Waals surface area (Å²) in [5.74, 6) is 1.21. The molecule has 2 aromatic carbocycles. The monoisotopic (exact) mass is 435 g/mol. The molecule has 0 radical (unpaired) electrons. The van der Waals surface area contributed by atoms with E-state index >= 15 is 0 Å². The summed E-state index contributed by atoms with van der Waals surface area (Å²) in [7, 11) is -3.53. The van der Waals surface area contributed by atoms with Crippen LogP contribution in [-0.4, -0.2) is 45.2 Å². The van der Waals surface area contributed by atoms with Crippen LogP contribution in [0.4, 0.5) is 0 Å². The van der Waals surface area contributed by atoms with Gasteiger partial charge < -0.3 is 14.4 Å². The topological polar surface area (TPSA) is 72.9 Å². The second kappa shape index (κ2) is 7.88. The summed E-state index contributed by atoms with van der Waals surface area (Å²) in [6, 6.07) is 10.1. The number of hydrogen-bond donors (Lipinski definition) is 0. The Morgan fingerprint density at radius 1 is 1.07 bits per heavy atom. The van der Waals surface area contributed by atoms with E-state index in [1.807, 2.05) is 18.2 Å². The van der Waals surface area contributed by atoms with Crippen LogP contribution in [0.2, 0.25) is 5.02 Å². The molecule has 2 aliphatic rings. The van der Waals surface area contributed by atoms with Crippen LogP contribution in [0, 0.1) is 0 Å². The lowest BCUT2D eigenvalue weighted by Gasteiger charge is -2.26. The van der Waals surface area contributed by atoms with Gasteiger partial charge in [0.05, 0.1) is 29.2 Å². The Labute approximate surface area is 175 Å². The molecule has 6 nitrogen and oxygen atoms in total. The molecule has 0 aliphatic carbocycles. The maximum atomic E-state index is 13.2. The molecular weight excluding hydrogens is 414 g/mol. The summed E-state index contributed by atoms with van der Waals surface area (Å²) < 4.78 is 35.4. The first-order chi connectivity index (χ1) is 13.8. The smallest absolute Gasteiger partial charge is 0.254 e. The molecule has 29 heavy (non-hydrogen) atoms. The summed E-state index contributed by atoms with van der Waals surface area (Å²) in [5, 5.41) is 0.116. The summed E-state index contributed by atoms with van der Waals surface area (Å²) >= 11 is 6.02. The highest BCUT2D eigenvalue weighted by Gasteiger charge is 2.32. The molecule has 0 unspecified atom stereocenters. The molecule has 154 valence electrons. The molecule has 1 amide bonds. The second-order valence-corrected chi connectivity index (χ2v) is 9.72. The molecule has 2 aromatic rings. The third kappa shape index (κ3) is 4.07. The summed E-state index contributed by atoms with van der Waals surface area (Å²) in [6.45, 7) is 1.83. The van der Waals surface area contributed by atoms with Crippen molar-refractivity contribution >= 4 is 27.3 Å². The first kappa shape index (κ1) is 20.0. The van der Waals surface area contributed by atoms with Crippen molar-refractivity contribution < 1.29 is 22.7 Å². The number of ether oxygens (including phenoxy) is 2. The van der Waals surface area contributed by atoms with Crippen LogP contribution in [0.5, 0.6) is 11.5 Å². The molecule has 0 aromatic heterocycles. The van der Waals surface area contributed by atoms with Crippen LogP contribution < -0.4 is 9.47 Å². The van der Waals surface area contributed by atoms with Gasteiger partial charge in [0, 0.05) is 24.8 Å². The van der Waals surface area contributed by atoms with E-state index in [1.165, 1.54) is 12.1 Å². The van der Waals surface area contributed by atoms with Crippen LogP contribution in [0.15, 0.2) is 41.3 Å².